The maximum atomic E-state index is 12.3. The molecule has 1 aliphatic rings. The molecule has 3 rings (SSSR count). The maximum absolute atomic E-state index is 12.3. The first kappa shape index (κ1) is 15.8. The highest BCUT2D eigenvalue weighted by atomic mass is 35.5. The van der Waals surface area contributed by atoms with E-state index < -0.39 is 0 Å². The first-order valence-electron chi connectivity index (χ1n) is 7.66. The molecule has 1 N–H and O–H groups in total. The number of halogens is 1. The highest BCUT2D eigenvalue weighted by Crippen LogP contribution is 2.29. The van der Waals surface area contributed by atoms with Crippen molar-refractivity contribution in [2.45, 2.75) is 33.1 Å². The predicted octanol–water partition coefficient (Wildman–Crippen LogP) is 4.27. The molecule has 3 nitrogen and oxygen atoms in total. The fourth-order valence-electron chi connectivity index (χ4n) is 2.93. The Morgan fingerprint density at radius 3 is 2.61 bits per heavy atom. The van der Waals surface area contributed by atoms with Crippen molar-refractivity contribution < 1.29 is 4.79 Å². The van der Waals surface area contributed by atoms with Crippen LogP contribution in [-0.4, -0.2) is 11.6 Å². The van der Waals surface area contributed by atoms with E-state index in [9.17, 15) is 4.79 Å². The molecule has 0 bridgehead atoms. The summed E-state index contributed by atoms with van der Waals surface area (Å²) in [6, 6.07) is 12.1. The largest absolute Gasteiger partial charge is 0.272 e. The van der Waals surface area contributed by atoms with Crippen LogP contribution in [0.2, 0.25) is 5.02 Å². The van der Waals surface area contributed by atoms with Gasteiger partial charge < -0.3 is 0 Å². The van der Waals surface area contributed by atoms with Crippen LogP contribution in [0.3, 0.4) is 0 Å². The van der Waals surface area contributed by atoms with Gasteiger partial charge in [0.1, 0.15) is 0 Å². The van der Waals surface area contributed by atoms with Crippen LogP contribution in [0, 0.1) is 20.8 Å². The van der Waals surface area contributed by atoms with Gasteiger partial charge in [-0.2, -0.15) is 5.10 Å². The zero-order chi connectivity index (χ0) is 16.6. The molecule has 0 saturated heterocycles. The molecule has 1 unspecified atom stereocenters. The van der Waals surface area contributed by atoms with Crippen LogP contribution in [0.1, 0.15) is 40.2 Å². The minimum atomic E-state index is -0.210. The van der Waals surface area contributed by atoms with E-state index in [2.05, 4.69) is 28.7 Å². The number of carbonyl (C=O) groups is 1. The van der Waals surface area contributed by atoms with Gasteiger partial charge in [0.2, 0.25) is 5.91 Å². The molecule has 2 aromatic carbocycles. The number of hydrogen-bond donors (Lipinski definition) is 1. The predicted molar refractivity (Wildman–Crippen MR) is 94.1 cm³/mol. The summed E-state index contributed by atoms with van der Waals surface area (Å²) in [5.74, 6) is -0.258. The SMILES string of the molecule is Cc1ccc(C)c(C2CC(c3ccc(Cl)c(C)c3)=NNC2=O)c1. The lowest BCUT2D eigenvalue weighted by atomic mass is 9.86. The number of hydrogen-bond acceptors (Lipinski definition) is 2. The molecule has 118 valence electrons. The van der Waals surface area contributed by atoms with Crippen LogP contribution in [0.25, 0.3) is 0 Å². The molecule has 0 fully saturated rings. The Morgan fingerprint density at radius 1 is 1.09 bits per heavy atom. The minimum absolute atomic E-state index is 0.0480. The Bertz CT molecular complexity index is 811. The number of nitrogens with one attached hydrogen (secondary N) is 1. The first-order valence-corrected chi connectivity index (χ1v) is 8.03. The number of rotatable bonds is 2. The quantitative estimate of drug-likeness (QED) is 0.879. The van der Waals surface area contributed by atoms with Crippen molar-refractivity contribution in [2.24, 2.45) is 5.10 Å². The normalized spacial score (nSPS) is 17.7. The van der Waals surface area contributed by atoms with Crippen molar-refractivity contribution in [3.8, 4) is 0 Å². The summed E-state index contributed by atoms with van der Waals surface area (Å²) in [5.41, 5.74) is 8.93. The van der Waals surface area contributed by atoms with E-state index in [-0.39, 0.29) is 11.8 Å². The zero-order valence-corrected chi connectivity index (χ0v) is 14.2. The van der Waals surface area contributed by atoms with E-state index in [1.54, 1.807) is 0 Å². The second-order valence-electron chi connectivity index (χ2n) is 6.12. The van der Waals surface area contributed by atoms with Crippen molar-refractivity contribution in [2.75, 3.05) is 0 Å². The molecule has 1 amide bonds. The number of benzene rings is 2. The molecule has 1 aliphatic heterocycles. The van der Waals surface area contributed by atoms with Crippen LogP contribution >= 0.6 is 11.6 Å². The molecule has 0 aliphatic carbocycles. The van der Waals surface area contributed by atoms with Crippen LogP contribution in [0.15, 0.2) is 41.5 Å². The van der Waals surface area contributed by atoms with Gasteiger partial charge in [-0.05, 0) is 55.2 Å². The second kappa shape index (κ2) is 6.17. The van der Waals surface area contributed by atoms with Crippen molar-refractivity contribution in [1.82, 2.24) is 5.43 Å². The van der Waals surface area contributed by atoms with Crippen molar-refractivity contribution in [3.63, 3.8) is 0 Å². The van der Waals surface area contributed by atoms with Crippen LogP contribution in [0.5, 0.6) is 0 Å². The molecule has 4 heteroatoms. The Morgan fingerprint density at radius 2 is 1.87 bits per heavy atom. The van der Waals surface area contributed by atoms with Gasteiger partial charge in [0.05, 0.1) is 11.6 Å². The fourth-order valence-corrected chi connectivity index (χ4v) is 3.04. The van der Waals surface area contributed by atoms with E-state index in [1.807, 2.05) is 39.0 Å². The molecule has 0 saturated carbocycles. The summed E-state index contributed by atoms with van der Waals surface area (Å²) in [6.07, 6.45) is 0.594. The average molecular weight is 327 g/mol. The number of aryl methyl sites for hydroxylation is 3. The minimum Gasteiger partial charge on any atom is -0.272 e. The Balaban J connectivity index is 1.96. The highest BCUT2D eigenvalue weighted by Gasteiger charge is 2.28. The summed E-state index contributed by atoms with van der Waals surface area (Å²) >= 11 is 6.10. The van der Waals surface area contributed by atoms with Crippen LogP contribution in [-0.2, 0) is 4.79 Å². The van der Waals surface area contributed by atoms with E-state index >= 15 is 0 Å². The number of nitrogens with zero attached hydrogens (tertiary/aromatic N) is 1. The fraction of sp³-hybridized carbons (Fsp3) is 0.263. The second-order valence-corrected chi connectivity index (χ2v) is 6.52. The molecule has 0 aromatic heterocycles. The molecule has 23 heavy (non-hydrogen) atoms. The molecule has 1 atom stereocenters. The molecule has 1 heterocycles. The monoisotopic (exact) mass is 326 g/mol. The van der Waals surface area contributed by atoms with E-state index in [4.69, 9.17) is 11.6 Å². The summed E-state index contributed by atoms with van der Waals surface area (Å²) < 4.78 is 0. The summed E-state index contributed by atoms with van der Waals surface area (Å²) in [7, 11) is 0. The highest BCUT2D eigenvalue weighted by molar-refractivity contribution is 6.31. The third-order valence-corrected chi connectivity index (χ3v) is 4.74. The van der Waals surface area contributed by atoms with Crippen LogP contribution in [0.4, 0.5) is 0 Å². The third kappa shape index (κ3) is 3.15. The summed E-state index contributed by atoms with van der Waals surface area (Å²) in [6.45, 7) is 6.05. The smallest absolute Gasteiger partial charge is 0.248 e. The van der Waals surface area contributed by atoms with Crippen LogP contribution < -0.4 is 5.43 Å². The van der Waals surface area contributed by atoms with E-state index in [0.717, 1.165) is 38.6 Å². The molecule has 0 spiro atoms. The molecule has 0 radical (unpaired) electrons. The van der Waals surface area contributed by atoms with Gasteiger partial charge in [-0.25, -0.2) is 5.43 Å². The van der Waals surface area contributed by atoms with Crippen molar-refractivity contribution in [3.05, 3.63) is 69.2 Å². The van der Waals surface area contributed by atoms with Gasteiger partial charge >= 0.3 is 0 Å². The van der Waals surface area contributed by atoms with Gasteiger partial charge in [0, 0.05) is 11.4 Å². The van der Waals surface area contributed by atoms with Gasteiger partial charge in [-0.15, -0.1) is 0 Å². The standard InChI is InChI=1S/C19H19ClN2O/c1-11-4-5-12(2)15(8-11)16-10-18(21-22-19(16)23)14-6-7-17(20)13(3)9-14/h4-9,16H,10H2,1-3H3,(H,22,23). The van der Waals surface area contributed by atoms with Gasteiger partial charge in [0.25, 0.3) is 0 Å². The van der Waals surface area contributed by atoms with Crippen molar-refractivity contribution >= 4 is 23.2 Å². The van der Waals surface area contributed by atoms with E-state index in [1.165, 1.54) is 0 Å². The van der Waals surface area contributed by atoms with Gasteiger partial charge in [0.15, 0.2) is 0 Å². The molecular weight excluding hydrogens is 308 g/mol. The molecule has 2 aromatic rings. The lowest BCUT2D eigenvalue weighted by molar-refractivity contribution is -0.122. The lowest BCUT2D eigenvalue weighted by Gasteiger charge is -2.23. The van der Waals surface area contributed by atoms with Gasteiger partial charge in [-0.3, -0.25) is 4.79 Å². The number of hydrazone groups is 1. The first-order chi connectivity index (χ1) is 11.0. The van der Waals surface area contributed by atoms with Crippen molar-refractivity contribution in [1.29, 1.82) is 0 Å². The Labute approximate surface area is 141 Å². The average Bonchev–Trinajstić information content (AvgIpc) is 2.53. The Kier molecular flexibility index (Phi) is 4.22. The third-order valence-electron chi connectivity index (χ3n) is 4.32. The summed E-state index contributed by atoms with van der Waals surface area (Å²) in [5, 5.41) is 4.99. The number of carbonyl (C=O) groups excluding carboxylic acids is 1. The lowest BCUT2D eigenvalue weighted by Crippen LogP contribution is -2.33. The van der Waals surface area contributed by atoms with Gasteiger partial charge in [-0.1, -0.05) is 41.4 Å². The molecular formula is C19H19ClN2O. The maximum Gasteiger partial charge on any atom is 0.248 e. The zero-order valence-electron chi connectivity index (χ0n) is 13.5. The Hall–Kier alpha value is -2.13. The van der Waals surface area contributed by atoms with E-state index in [0.29, 0.717) is 6.42 Å². The topological polar surface area (TPSA) is 41.5 Å². The number of amides is 1. The summed E-state index contributed by atoms with van der Waals surface area (Å²) in [4.78, 5) is 12.3.